The highest BCUT2D eigenvalue weighted by molar-refractivity contribution is 5.92. The number of amides is 1. The molecule has 0 aliphatic rings. The summed E-state index contributed by atoms with van der Waals surface area (Å²) in [6.07, 6.45) is 1.17. The maximum absolute atomic E-state index is 13.7. The van der Waals surface area contributed by atoms with E-state index in [1.54, 1.807) is 13.0 Å². The number of aryl methyl sites for hydroxylation is 1. The van der Waals surface area contributed by atoms with Gasteiger partial charge >= 0.3 is 0 Å². The van der Waals surface area contributed by atoms with Gasteiger partial charge in [0.25, 0.3) is 0 Å². The van der Waals surface area contributed by atoms with E-state index in [4.69, 9.17) is 0 Å². The lowest BCUT2D eigenvalue weighted by atomic mass is 9.97. The first-order valence-corrected chi connectivity index (χ1v) is 6.86. The van der Waals surface area contributed by atoms with Crippen LogP contribution in [0.2, 0.25) is 0 Å². The van der Waals surface area contributed by atoms with Gasteiger partial charge in [-0.3, -0.25) is 4.79 Å². The quantitative estimate of drug-likeness (QED) is 0.820. The number of carbonyl (C=O) groups excluding carboxylic acids is 1. The zero-order valence-electron chi connectivity index (χ0n) is 12.9. The van der Waals surface area contributed by atoms with Crippen molar-refractivity contribution in [3.8, 4) is 11.8 Å². The summed E-state index contributed by atoms with van der Waals surface area (Å²) < 4.78 is 13.7. The van der Waals surface area contributed by atoms with Gasteiger partial charge in [-0.05, 0) is 51.8 Å². The van der Waals surface area contributed by atoms with Crippen LogP contribution in [0.5, 0.6) is 0 Å². The van der Waals surface area contributed by atoms with Crippen molar-refractivity contribution in [1.82, 2.24) is 0 Å². The minimum absolute atomic E-state index is 0.116. The zero-order chi connectivity index (χ0) is 15.3. The third kappa shape index (κ3) is 5.05. The molecule has 0 saturated carbocycles. The number of anilines is 1. The molecule has 1 rings (SSSR count). The smallest absolute Gasteiger partial charge is 0.224 e. The van der Waals surface area contributed by atoms with Gasteiger partial charge in [-0.2, -0.15) is 0 Å². The molecule has 0 heterocycles. The highest BCUT2D eigenvalue weighted by atomic mass is 19.1. The Kier molecular flexibility index (Phi) is 5.33. The number of benzene rings is 1. The molecule has 20 heavy (non-hydrogen) atoms. The van der Waals surface area contributed by atoms with E-state index in [2.05, 4.69) is 17.2 Å². The first kappa shape index (κ1) is 16.2. The number of hydrogen-bond donors (Lipinski definition) is 1. The van der Waals surface area contributed by atoms with Gasteiger partial charge < -0.3 is 5.32 Å². The van der Waals surface area contributed by atoms with E-state index in [9.17, 15) is 9.18 Å². The van der Waals surface area contributed by atoms with E-state index in [0.717, 1.165) is 6.42 Å². The summed E-state index contributed by atoms with van der Waals surface area (Å²) in [5.74, 6) is 5.69. The van der Waals surface area contributed by atoms with Crippen molar-refractivity contribution in [3.63, 3.8) is 0 Å². The summed E-state index contributed by atoms with van der Waals surface area (Å²) in [6.45, 7) is 9.63. The summed E-state index contributed by atoms with van der Waals surface area (Å²) in [6, 6.07) is 3.02. The molecule has 0 aromatic heterocycles. The summed E-state index contributed by atoms with van der Waals surface area (Å²) in [4.78, 5) is 11.7. The van der Waals surface area contributed by atoms with Crippen LogP contribution in [-0.4, -0.2) is 5.91 Å². The van der Waals surface area contributed by atoms with Gasteiger partial charge in [0.2, 0.25) is 5.91 Å². The molecule has 1 aromatic rings. The second-order valence-electron chi connectivity index (χ2n) is 5.95. The fourth-order valence-corrected chi connectivity index (χ4v) is 1.58. The van der Waals surface area contributed by atoms with Crippen molar-refractivity contribution in [1.29, 1.82) is 0 Å². The second kappa shape index (κ2) is 6.56. The maximum atomic E-state index is 13.7. The van der Waals surface area contributed by atoms with Crippen LogP contribution in [0, 0.1) is 30.0 Å². The van der Waals surface area contributed by atoms with Crippen LogP contribution in [0.4, 0.5) is 10.1 Å². The lowest BCUT2D eigenvalue weighted by molar-refractivity contribution is -0.116. The SMILES string of the molecule is CCCC(=O)Nc1cc(F)c(C)cc1C#CC(C)(C)C. The number of nitrogens with one attached hydrogen (secondary N) is 1. The van der Waals surface area contributed by atoms with Crippen LogP contribution in [0.15, 0.2) is 12.1 Å². The van der Waals surface area contributed by atoms with Crippen LogP contribution >= 0.6 is 0 Å². The molecule has 0 aliphatic heterocycles. The van der Waals surface area contributed by atoms with Gasteiger partial charge in [-0.1, -0.05) is 18.8 Å². The fourth-order valence-electron chi connectivity index (χ4n) is 1.58. The Morgan fingerprint density at radius 3 is 2.55 bits per heavy atom. The predicted molar refractivity (Wildman–Crippen MR) is 81.0 cm³/mol. The molecule has 3 heteroatoms. The topological polar surface area (TPSA) is 29.1 Å². The van der Waals surface area contributed by atoms with Crippen molar-refractivity contribution < 1.29 is 9.18 Å². The van der Waals surface area contributed by atoms with Crippen molar-refractivity contribution in [2.75, 3.05) is 5.32 Å². The van der Waals surface area contributed by atoms with Crippen LogP contribution in [0.1, 0.15) is 51.7 Å². The lowest BCUT2D eigenvalue weighted by Gasteiger charge is -2.11. The first-order chi connectivity index (χ1) is 9.23. The Balaban J connectivity index is 3.16. The minimum atomic E-state index is -0.335. The molecular weight excluding hydrogens is 253 g/mol. The zero-order valence-corrected chi connectivity index (χ0v) is 12.9. The van der Waals surface area contributed by atoms with Gasteiger partial charge in [0, 0.05) is 17.4 Å². The molecule has 0 atom stereocenters. The highest BCUT2D eigenvalue weighted by Gasteiger charge is 2.10. The van der Waals surface area contributed by atoms with Crippen LogP contribution in [0.3, 0.4) is 0 Å². The summed E-state index contributed by atoms with van der Waals surface area (Å²) >= 11 is 0. The van der Waals surface area contributed by atoms with Gasteiger partial charge in [0.05, 0.1) is 5.69 Å². The number of halogens is 1. The van der Waals surface area contributed by atoms with E-state index in [1.807, 2.05) is 27.7 Å². The summed E-state index contributed by atoms with van der Waals surface area (Å²) in [5, 5.41) is 2.73. The second-order valence-corrected chi connectivity index (χ2v) is 5.95. The fraction of sp³-hybridized carbons (Fsp3) is 0.471. The molecule has 1 amide bonds. The molecular formula is C17H22FNO. The van der Waals surface area contributed by atoms with Crippen LogP contribution in [-0.2, 0) is 4.79 Å². The summed E-state index contributed by atoms with van der Waals surface area (Å²) in [5.41, 5.74) is 1.48. The van der Waals surface area contributed by atoms with Gasteiger partial charge in [0.1, 0.15) is 5.82 Å². The Hall–Kier alpha value is -1.82. The lowest BCUT2D eigenvalue weighted by Crippen LogP contribution is -2.12. The predicted octanol–water partition coefficient (Wildman–Crippen LogP) is 4.27. The Morgan fingerprint density at radius 1 is 1.35 bits per heavy atom. The molecule has 0 aliphatic carbocycles. The molecule has 0 fully saturated rings. The third-order valence-electron chi connectivity index (χ3n) is 2.62. The van der Waals surface area contributed by atoms with Crippen molar-refractivity contribution in [2.24, 2.45) is 5.41 Å². The van der Waals surface area contributed by atoms with Gasteiger partial charge in [-0.25, -0.2) is 4.39 Å². The molecule has 0 bridgehead atoms. The molecule has 1 aromatic carbocycles. The Bertz CT molecular complexity index is 559. The van der Waals surface area contributed by atoms with Crippen molar-refractivity contribution >= 4 is 11.6 Å². The Labute approximate surface area is 120 Å². The molecule has 0 saturated heterocycles. The first-order valence-electron chi connectivity index (χ1n) is 6.86. The largest absolute Gasteiger partial charge is 0.325 e. The van der Waals surface area contributed by atoms with Crippen molar-refractivity contribution in [2.45, 2.75) is 47.5 Å². The average molecular weight is 275 g/mol. The van der Waals surface area contributed by atoms with Crippen LogP contribution < -0.4 is 5.32 Å². The van der Waals surface area contributed by atoms with Crippen molar-refractivity contribution in [3.05, 3.63) is 29.1 Å². The monoisotopic (exact) mass is 275 g/mol. The summed E-state index contributed by atoms with van der Waals surface area (Å²) in [7, 11) is 0. The number of carbonyl (C=O) groups is 1. The minimum Gasteiger partial charge on any atom is -0.325 e. The van der Waals surface area contributed by atoms with Crippen LogP contribution in [0.25, 0.3) is 0 Å². The Morgan fingerprint density at radius 2 is 2.00 bits per heavy atom. The number of rotatable bonds is 3. The molecule has 0 radical (unpaired) electrons. The normalized spacial score (nSPS) is 10.7. The molecule has 108 valence electrons. The highest BCUT2D eigenvalue weighted by Crippen LogP contribution is 2.21. The van der Waals surface area contributed by atoms with E-state index in [-0.39, 0.29) is 17.1 Å². The standard InChI is InChI=1S/C17H22FNO/c1-6-7-16(20)19-15-11-14(18)12(2)10-13(15)8-9-17(3,4)5/h10-11H,6-7H2,1-5H3,(H,19,20). The average Bonchev–Trinajstić information content (AvgIpc) is 2.31. The van der Waals surface area contributed by atoms with Gasteiger partial charge in [-0.15, -0.1) is 0 Å². The van der Waals surface area contributed by atoms with E-state index >= 15 is 0 Å². The molecule has 2 nitrogen and oxygen atoms in total. The molecule has 1 N–H and O–H groups in total. The van der Waals surface area contributed by atoms with E-state index in [1.165, 1.54) is 6.07 Å². The molecule has 0 spiro atoms. The number of hydrogen-bond acceptors (Lipinski definition) is 1. The van der Waals surface area contributed by atoms with E-state index in [0.29, 0.717) is 23.2 Å². The third-order valence-corrected chi connectivity index (χ3v) is 2.62. The molecule has 0 unspecified atom stereocenters. The van der Waals surface area contributed by atoms with E-state index < -0.39 is 0 Å². The van der Waals surface area contributed by atoms with Gasteiger partial charge in [0.15, 0.2) is 0 Å². The maximum Gasteiger partial charge on any atom is 0.224 e.